The van der Waals surface area contributed by atoms with Crippen molar-refractivity contribution in [3.05, 3.63) is 34.9 Å². The summed E-state index contributed by atoms with van der Waals surface area (Å²) in [4.78, 5) is 8.36. The molecule has 0 amide bonds. The van der Waals surface area contributed by atoms with Crippen molar-refractivity contribution in [1.29, 1.82) is 0 Å². The number of hydrogen-bond donors (Lipinski definition) is 2. The van der Waals surface area contributed by atoms with E-state index in [2.05, 4.69) is 19.9 Å². The molecule has 0 aliphatic heterocycles. The summed E-state index contributed by atoms with van der Waals surface area (Å²) in [6.07, 6.45) is 5.83. The molecule has 20 heavy (non-hydrogen) atoms. The summed E-state index contributed by atoms with van der Waals surface area (Å²) in [5.41, 5.74) is 7.58. The van der Waals surface area contributed by atoms with E-state index in [1.807, 2.05) is 18.2 Å². The van der Waals surface area contributed by atoms with Crippen LogP contribution in [0, 0.1) is 5.92 Å². The van der Waals surface area contributed by atoms with E-state index >= 15 is 0 Å². The molecule has 1 atom stereocenters. The van der Waals surface area contributed by atoms with Crippen LogP contribution in [0.25, 0.3) is 0 Å². The second-order valence-electron chi connectivity index (χ2n) is 4.94. The van der Waals surface area contributed by atoms with Crippen LogP contribution in [0.5, 0.6) is 0 Å². The maximum atomic E-state index is 8.36. The van der Waals surface area contributed by atoms with Gasteiger partial charge in [0.1, 0.15) is 0 Å². The van der Waals surface area contributed by atoms with Crippen LogP contribution in [-0.2, 0) is 11.2 Å². The molecule has 0 bridgehead atoms. The maximum Gasteiger partial charge on any atom is 0.290 e. The summed E-state index contributed by atoms with van der Waals surface area (Å²) >= 11 is 5.99. The van der Waals surface area contributed by atoms with Crippen molar-refractivity contribution in [2.45, 2.75) is 52.0 Å². The average Bonchev–Trinajstić information content (AvgIpc) is 2.39. The second kappa shape index (κ2) is 11.7. The van der Waals surface area contributed by atoms with Crippen molar-refractivity contribution in [3.63, 3.8) is 0 Å². The quantitative estimate of drug-likeness (QED) is 0.744. The first-order valence-corrected chi connectivity index (χ1v) is 7.54. The Labute approximate surface area is 127 Å². The van der Waals surface area contributed by atoms with E-state index in [-0.39, 0.29) is 12.5 Å². The van der Waals surface area contributed by atoms with Gasteiger partial charge in [-0.15, -0.1) is 0 Å². The summed E-state index contributed by atoms with van der Waals surface area (Å²) in [6.45, 7) is 4.21. The van der Waals surface area contributed by atoms with E-state index in [0.29, 0.717) is 5.92 Å². The van der Waals surface area contributed by atoms with Gasteiger partial charge in [0, 0.05) is 11.1 Å². The molecule has 0 spiro atoms. The van der Waals surface area contributed by atoms with Crippen molar-refractivity contribution in [2.24, 2.45) is 11.7 Å². The summed E-state index contributed by atoms with van der Waals surface area (Å²) in [7, 11) is 0. The Balaban J connectivity index is 0.00000110. The van der Waals surface area contributed by atoms with Crippen LogP contribution in [0.4, 0.5) is 0 Å². The third-order valence-corrected chi connectivity index (χ3v) is 3.52. The monoisotopic (exact) mass is 299 g/mol. The van der Waals surface area contributed by atoms with E-state index in [9.17, 15) is 0 Å². The molecule has 0 heterocycles. The molecular formula is C16H26ClNO2. The van der Waals surface area contributed by atoms with Crippen molar-refractivity contribution in [2.75, 3.05) is 0 Å². The van der Waals surface area contributed by atoms with Gasteiger partial charge in [0.2, 0.25) is 0 Å². The number of halogens is 1. The lowest BCUT2D eigenvalue weighted by Gasteiger charge is -2.23. The zero-order chi connectivity index (χ0) is 15.4. The molecule has 0 aliphatic rings. The van der Waals surface area contributed by atoms with Crippen molar-refractivity contribution in [1.82, 2.24) is 0 Å². The van der Waals surface area contributed by atoms with Gasteiger partial charge < -0.3 is 10.8 Å². The molecule has 0 radical (unpaired) electrons. The number of carbonyl (C=O) groups is 1. The SMILES string of the molecule is CCCC(CCC)C(N)Cc1cccc(Cl)c1.O=CO. The fourth-order valence-corrected chi connectivity index (χ4v) is 2.63. The fourth-order valence-electron chi connectivity index (χ4n) is 2.42. The summed E-state index contributed by atoms with van der Waals surface area (Å²) in [5, 5.41) is 7.69. The first kappa shape index (κ1) is 18.9. The van der Waals surface area contributed by atoms with Crippen LogP contribution >= 0.6 is 11.6 Å². The van der Waals surface area contributed by atoms with Gasteiger partial charge in [-0.05, 0) is 42.9 Å². The molecule has 3 N–H and O–H groups in total. The molecule has 0 aliphatic carbocycles. The van der Waals surface area contributed by atoms with Crippen LogP contribution in [0.2, 0.25) is 5.02 Å². The maximum absolute atomic E-state index is 8.36. The Bertz CT molecular complexity index is 365. The van der Waals surface area contributed by atoms with E-state index in [4.69, 9.17) is 27.2 Å². The molecule has 0 fully saturated rings. The Morgan fingerprint density at radius 3 is 2.30 bits per heavy atom. The largest absolute Gasteiger partial charge is 0.483 e. The summed E-state index contributed by atoms with van der Waals surface area (Å²) in [5.74, 6) is 0.643. The predicted octanol–water partition coefficient (Wildman–Crippen LogP) is 4.13. The highest BCUT2D eigenvalue weighted by atomic mass is 35.5. The van der Waals surface area contributed by atoms with E-state index < -0.39 is 0 Å². The lowest BCUT2D eigenvalue weighted by Crippen LogP contribution is -2.32. The third kappa shape index (κ3) is 8.18. The van der Waals surface area contributed by atoms with Gasteiger partial charge in [-0.2, -0.15) is 0 Å². The minimum absolute atomic E-state index is 0.250. The number of hydrogen-bond acceptors (Lipinski definition) is 2. The lowest BCUT2D eigenvalue weighted by atomic mass is 9.87. The zero-order valence-corrected chi connectivity index (χ0v) is 13.1. The molecule has 3 nitrogen and oxygen atoms in total. The van der Waals surface area contributed by atoms with Gasteiger partial charge in [0.25, 0.3) is 6.47 Å². The molecular weight excluding hydrogens is 274 g/mol. The smallest absolute Gasteiger partial charge is 0.290 e. The van der Waals surface area contributed by atoms with Crippen LogP contribution in [0.1, 0.15) is 45.1 Å². The van der Waals surface area contributed by atoms with Crippen LogP contribution < -0.4 is 5.73 Å². The number of benzene rings is 1. The topological polar surface area (TPSA) is 63.3 Å². The van der Waals surface area contributed by atoms with Gasteiger partial charge in [-0.25, -0.2) is 0 Å². The molecule has 1 aromatic rings. The lowest BCUT2D eigenvalue weighted by molar-refractivity contribution is -0.122. The first-order chi connectivity index (χ1) is 9.58. The standard InChI is InChI=1S/C15H24ClN.CH2O2/c1-3-6-13(7-4-2)15(17)11-12-8-5-9-14(16)10-12;2-1-3/h5,8-10,13,15H,3-4,6-7,11,17H2,1-2H3;1H,(H,2,3). The van der Waals surface area contributed by atoms with Crippen molar-refractivity contribution < 1.29 is 9.90 Å². The average molecular weight is 300 g/mol. The minimum Gasteiger partial charge on any atom is -0.483 e. The zero-order valence-electron chi connectivity index (χ0n) is 12.4. The van der Waals surface area contributed by atoms with E-state index in [1.54, 1.807) is 0 Å². The third-order valence-electron chi connectivity index (χ3n) is 3.28. The summed E-state index contributed by atoms with van der Waals surface area (Å²) in [6, 6.07) is 8.30. The van der Waals surface area contributed by atoms with Gasteiger partial charge in [0.15, 0.2) is 0 Å². The Kier molecular flexibility index (Phi) is 11.1. The second-order valence-corrected chi connectivity index (χ2v) is 5.38. The molecule has 1 aromatic carbocycles. The highest BCUT2D eigenvalue weighted by Gasteiger charge is 2.16. The number of nitrogens with two attached hydrogens (primary N) is 1. The van der Waals surface area contributed by atoms with Crippen LogP contribution in [-0.4, -0.2) is 17.6 Å². The van der Waals surface area contributed by atoms with Crippen molar-refractivity contribution in [3.8, 4) is 0 Å². The number of carboxylic acid groups (broad SMARTS) is 1. The van der Waals surface area contributed by atoms with Gasteiger partial charge in [0.05, 0.1) is 0 Å². The Hall–Kier alpha value is -1.06. The molecule has 4 heteroatoms. The highest BCUT2D eigenvalue weighted by molar-refractivity contribution is 6.30. The summed E-state index contributed by atoms with van der Waals surface area (Å²) < 4.78 is 0. The predicted molar refractivity (Wildman–Crippen MR) is 85.1 cm³/mol. The molecule has 114 valence electrons. The van der Waals surface area contributed by atoms with Crippen molar-refractivity contribution >= 4 is 18.1 Å². The van der Waals surface area contributed by atoms with Crippen LogP contribution in [0.3, 0.4) is 0 Å². The van der Waals surface area contributed by atoms with Gasteiger partial charge >= 0.3 is 0 Å². The molecule has 0 saturated heterocycles. The fraction of sp³-hybridized carbons (Fsp3) is 0.562. The van der Waals surface area contributed by atoms with Crippen LogP contribution in [0.15, 0.2) is 24.3 Å². The molecule has 1 unspecified atom stereocenters. The minimum atomic E-state index is -0.250. The van der Waals surface area contributed by atoms with E-state index in [1.165, 1.54) is 31.2 Å². The highest BCUT2D eigenvalue weighted by Crippen LogP contribution is 2.20. The molecule has 0 aromatic heterocycles. The van der Waals surface area contributed by atoms with E-state index in [0.717, 1.165) is 11.4 Å². The Morgan fingerprint density at radius 1 is 1.30 bits per heavy atom. The van der Waals surface area contributed by atoms with Gasteiger partial charge in [-0.1, -0.05) is 50.4 Å². The molecule has 0 saturated carbocycles. The normalized spacial score (nSPS) is 11.7. The Morgan fingerprint density at radius 2 is 1.85 bits per heavy atom. The first-order valence-electron chi connectivity index (χ1n) is 7.16. The van der Waals surface area contributed by atoms with Gasteiger partial charge in [-0.3, -0.25) is 4.79 Å². The molecule has 1 rings (SSSR count). The number of rotatable bonds is 7.